The topological polar surface area (TPSA) is 21.3 Å². The fourth-order valence-corrected chi connectivity index (χ4v) is 2.60. The third-order valence-corrected chi connectivity index (χ3v) is 3.83. The first-order chi connectivity index (χ1) is 9.24. The Kier molecular flexibility index (Phi) is 5.87. The second-order valence-corrected chi connectivity index (χ2v) is 6.02. The van der Waals surface area contributed by atoms with Crippen molar-refractivity contribution in [2.24, 2.45) is 5.92 Å². The average Bonchev–Trinajstić information content (AvgIpc) is 2.91. The van der Waals surface area contributed by atoms with Crippen LogP contribution >= 0.6 is 0 Å². The summed E-state index contributed by atoms with van der Waals surface area (Å²) >= 11 is 0. The standard InChI is InChI=1S/C17H27NO/c1-14(2)18-11-15-7-9-17(10-8-15)13-19-12-16-5-3-4-6-16/h7-10,14,16,18H,3-6,11-13H2,1-2H3. The highest BCUT2D eigenvalue weighted by Gasteiger charge is 2.14. The first kappa shape index (κ1) is 14.5. The van der Waals surface area contributed by atoms with Crippen molar-refractivity contribution in [3.63, 3.8) is 0 Å². The molecule has 0 amide bonds. The summed E-state index contributed by atoms with van der Waals surface area (Å²) in [5.74, 6) is 0.814. The molecule has 2 rings (SSSR count). The molecule has 1 saturated carbocycles. The maximum Gasteiger partial charge on any atom is 0.0717 e. The van der Waals surface area contributed by atoms with Gasteiger partial charge in [0.05, 0.1) is 6.61 Å². The molecule has 19 heavy (non-hydrogen) atoms. The zero-order valence-corrected chi connectivity index (χ0v) is 12.3. The maximum atomic E-state index is 5.83. The molecule has 1 aromatic carbocycles. The molecular formula is C17H27NO. The van der Waals surface area contributed by atoms with Crippen molar-refractivity contribution in [3.8, 4) is 0 Å². The van der Waals surface area contributed by atoms with Gasteiger partial charge >= 0.3 is 0 Å². The minimum absolute atomic E-state index is 0.537. The molecule has 0 aromatic heterocycles. The molecule has 106 valence electrons. The highest BCUT2D eigenvalue weighted by atomic mass is 16.5. The van der Waals surface area contributed by atoms with E-state index in [-0.39, 0.29) is 0 Å². The summed E-state index contributed by atoms with van der Waals surface area (Å²) in [4.78, 5) is 0. The Hall–Kier alpha value is -0.860. The monoisotopic (exact) mass is 261 g/mol. The molecule has 1 fully saturated rings. The highest BCUT2D eigenvalue weighted by Crippen LogP contribution is 2.24. The van der Waals surface area contributed by atoms with Crippen LogP contribution < -0.4 is 5.32 Å². The number of nitrogens with one attached hydrogen (secondary N) is 1. The molecule has 0 saturated heterocycles. The van der Waals surface area contributed by atoms with Crippen molar-refractivity contribution in [2.45, 2.75) is 58.7 Å². The maximum absolute atomic E-state index is 5.83. The van der Waals surface area contributed by atoms with Crippen LogP contribution in [0.15, 0.2) is 24.3 Å². The van der Waals surface area contributed by atoms with Gasteiger partial charge in [-0.1, -0.05) is 51.0 Å². The molecule has 0 spiro atoms. The van der Waals surface area contributed by atoms with E-state index >= 15 is 0 Å². The zero-order valence-electron chi connectivity index (χ0n) is 12.3. The summed E-state index contributed by atoms with van der Waals surface area (Å²) in [6.45, 7) is 6.99. The van der Waals surface area contributed by atoms with E-state index in [4.69, 9.17) is 4.74 Å². The smallest absolute Gasteiger partial charge is 0.0717 e. The molecule has 0 bridgehead atoms. The minimum Gasteiger partial charge on any atom is -0.376 e. The zero-order chi connectivity index (χ0) is 13.5. The summed E-state index contributed by atoms with van der Waals surface area (Å²) in [6, 6.07) is 9.31. The summed E-state index contributed by atoms with van der Waals surface area (Å²) in [5, 5.41) is 3.43. The second kappa shape index (κ2) is 7.66. The van der Waals surface area contributed by atoms with Gasteiger partial charge in [-0.3, -0.25) is 0 Å². The van der Waals surface area contributed by atoms with E-state index in [2.05, 4.69) is 43.4 Å². The van der Waals surface area contributed by atoms with E-state index in [1.54, 1.807) is 0 Å². The van der Waals surface area contributed by atoms with Crippen LogP contribution in [0.1, 0.15) is 50.7 Å². The van der Waals surface area contributed by atoms with Crippen molar-refractivity contribution in [1.82, 2.24) is 5.32 Å². The molecule has 0 unspecified atom stereocenters. The Morgan fingerprint density at radius 2 is 1.74 bits per heavy atom. The Morgan fingerprint density at radius 1 is 1.11 bits per heavy atom. The van der Waals surface area contributed by atoms with Crippen LogP contribution in [0, 0.1) is 5.92 Å². The number of rotatable bonds is 7. The minimum atomic E-state index is 0.537. The van der Waals surface area contributed by atoms with Gasteiger partial charge in [0.15, 0.2) is 0 Å². The van der Waals surface area contributed by atoms with Gasteiger partial charge in [0.1, 0.15) is 0 Å². The van der Waals surface area contributed by atoms with Crippen molar-refractivity contribution in [3.05, 3.63) is 35.4 Å². The Bertz CT molecular complexity index is 352. The predicted molar refractivity (Wildman–Crippen MR) is 80.0 cm³/mol. The second-order valence-electron chi connectivity index (χ2n) is 6.02. The van der Waals surface area contributed by atoms with Gasteiger partial charge in [0.25, 0.3) is 0 Å². The summed E-state index contributed by atoms with van der Waals surface area (Å²) < 4.78 is 5.83. The van der Waals surface area contributed by atoms with Gasteiger partial charge in [0, 0.05) is 19.2 Å². The molecule has 0 atom stereocenters. The van der Waals surface area contributed by atoms with E-state index in [0.29, 0.717) is 6.04 Å². The van der Waals surface area contributed by atoms with Crippen molar-refractivity contribution >= 4 is 0 Å². The quantitative estimate of drug-likeness (QED) is 0.804. The number of benzene rings is 1. The van der Waals surface area contributed by atoms with Crippen LogP contribution in [-0.4, -0.2) is 12.6 Å². The first-order valence-corrected chi connectivity index (χ1v) is 7.63. The van der Waals surface area contributed by atoms with Gasteiger partial charge in [0.2, 0.25) is 0 Å². The van der Waals surface area contributed by atoms with E-state index in [9.17, 15) is 0 Å². The van der Waals surface area contributed by atoms with E-state index in [0.717, 1.165) is 25.7 Å². The third kappa shape index (κ3) is 5.33. The SMILES string of the molecule is CC(C)NCc1ccc(COCC2CCCC2)cc1. The molecule has 2 heteroatoms. The Morgan fingerprint density at radius 3 is 2.37 bits per heavy atom. The molecule has 1 aromatic rings. The molecule has 1 aliphatic carbocycles. The van der Waals surface area contributed by atoms with Crippen LogP contribution in [0.5, 0.6) is 0 Å². The molecule has 2 nitrogen and oxygen atoms in total. The van der Waals surface area contributed by atoms with Crippen molar-refractivity contribution < 1.29 is 4.74 Å². The fourth-order valence-electron chi connectivity index (χ4n) is 2.60. The molecule has 0 heterocycles. The predicted octanol–water partition coefficient (Wildman–Crippen LogP) is 3.89. The van der Waals surface area contributed by atoms with E-state index in [1.807, 2.05) is 0 Å². The number of hydrogen-bond acceptors (Lipinski definition) is 2. The van der Waals surface area contributed by atoms with Gasteiger partial charge in [-0.2, -0.15) is 0 Å². The molecular weight excluding hydrogens is 234 g/mol. The van der Waals surface area contributed by atoms with Gasteiger partial charge in [-0.25, -0.2) is 0 Å². The normalized spacial score (nSPS) is 16.4. The number of ether oxygens (including phenoxy) is 1. The summed E-state index contributed by atoms with van der Waals surface area (Å²) in [5.41, 5.74) is 2.62. The summed E-state index contributed by atoms with van der Waals surface area (Å²) in [6.07, 6.45) is 5.51. The van der Waals surface area contributed by atoms with Crippen LogP contribution in [0.4, 0.5) is 0 Å². The average molecular weight is 261 g/mol. The van der Waals surface area contributed by atoms with Crippen molar-refractivity contribution in [2.75, 3.05) is 6.61 Å². The molecule has 0 radical (unpaired) electrons. The van der Waals surface area contributed by atoms with Crippen LogP contribution in [-0.2, 0) is 17.9 Å². The first-order valence-electron chi connectivity index (χ1n) is 7.63. The molecule has 0 aliphatic heterocycles. The van der Waals surface area contributed by atoms with Crippen LogP contribution in [0.2, 0.25) is 0 Å². The van der Waals surface area contributed by atoms with Gasteiger partial charge in [-0.05, 0) is 29.9 Å². The lowest BCUT2D eigenvalue weighted by molar-refractivity contribution is 0.0889. The molecule has 1 N–H and O–H groups in total. The lowest BCUT2D eigenvalue weighted by atomic mass is 10.1. The lowest BCUT2D eigenvalue weighted by Gasteiger charge is -2.11. The van der Waals surface area contributed by atoms with E-state index in [1.165, 1.54) is 36.8 Å². The highest BCUT2D eigenvalue weighted by molar-refractivity contribution is 5.21. The van der Waals surface area contributed by atoms with Crippen molar-refractivity contribution in [1.29, 1.82) is 0 Å². The van der Waals surface area contributed by atoms with E-state index < -0.39 is 0 Å². The Labute approximate surface area is 117 Å². The van der Waals surface area contributed by atoms with Crippen LogP contribution in [0.3, 0.4) is 0 Å². The number of hydrogen-bond donors (Lipinski definition) is 1. The lowest BCUT2D eigenvalue weighted by Crippen LogP contribution is -2.21. The fraction of sp³-hybridized carbons (Fsp3) is 0.647. The molecule has 1 aliphatic rings. The van der Waals surface area contributed by atoms with Gasteiger partial charge < -0.3 is 10.1 Å². The van der Waals surface area contributed by atoms with Gasteiger partial charge in [-0.15, -0.1) is 0 Å². The summed E-state index contributed by atoms with van der Waals surface area (Å²) in [7, 11) is 0. The Balaban J connectivity index is 1.69. The largest absolute Gasteiger partial charge is 0.376 e. The van der Waals surface area contributed by atoms with Crippen LogP contribution in [0.25, 0.3) is 0 Å². The third-order valence-electron chi connectivity index (χ3n) is 3.83.